The number of rotatable bonds is 5. The maximum absolute atomic E-state index is 11.0. The highest BCUT2D eigenvalue weighted by atomic mass is 16.5. The van der Waals surface area contributed by atoms with Gasteiger partial charge in [0.05, 0.1) is 7.11 Å². The maximum atomic E-state index is 11.0. The topological polar surface area (TPSA) is 54.1 Å². The fourth-order valence-corrected chi connectivity index (χ4v) is 2.81. The van der Waals surface area contributed by atoms with Gasteiger partial charge in [0, 0.05) is 36.1 Å². The van der Waals surface area contributed by atoms with Crippen LogP contribution in [0.3, 0.4) is 0 Å². The first-order valence-electron chi connectivity index (χ1n) is 7.67. The number of amides is 1. The number of hydrogen-bond acceptors (Lipinski definition) is 2. The fraction of sp³-hybridized carbons (Fsp3) is 0.211. The average Bonchev–Trinajstić information content (AvgIpc) is 2.97. The number of nitrogens with one attached hydrogen (secondary N) is 2. The number of carbonyl (C=O) groups is 1. The first-order chi connectivity index (χ1) is 11.2. The van der Waals surface area contributed by atoms with Crippen molar-refractivity contribution in [2.75, 3.05) is 13.7 Å². The fourth-order valence-electron chi connectivity index (χ4n) is 2.81. The summed E-state index contributed by atoms with van der Waals surface area (Å²) in [5.41, 5.74) is 4.49. The number of H-pyrrole nitrogens is 1. The molecule has 0 spiro atoms. The van der Waals surface area contributed by atoms with Gasteiger partial charge >= 0.3 is 0 Å². The molecule has 4 nitrogen and oxygen atoms in total. The van der Waals surface area contributed by atoms with Crippen LogP contribution < -0.4 is 10.1 Å². The van der Waals surface area contributed by atoms with E-state index >= 15 is 0 Å². The number of para-hydroxylation sites is 1. The Kier molecular flexibility index (Phi) is 4.33. The lowest BCUT2D eigenvalue weighted by atomic mass is 10.0. The molecule has 2 N–H and O–H groups in total. The highest BCUT2D eigenvalue weighted by molar-refractivity contribution is 5.89. The minimum absolute atomic E-state index is 0.000415. The third-order valence-corrected chi connectivity index (χ3v) is 3.95. The molecule has 4 heteroatoms. The molecule has 2 aromatic carbocycles. The zero-order valence-electron chi connectivity index (χ0n) is 13.3. The Hall–Kier alpha value is -2.75. The van der Waals surface area contributed by atoms with Crippen molar-refractivity contribution in [3.63, 3.8) is 0 Å². The Labute approximate surface area is 135 Å². The molecule has 0 radical (unpaired) electrons. The van der Waals surface area contributed by atoms with Crippen molar-refractivity contribution in [3.8, 4) is 16.9 Å². The second kappa shape index (κ2) is 6.57. The molecule has 23 heavy (non-hydrogen) atoms. The number of fused-ring (bicyclic) bond motifs is 1. The van der Waals surface area contributed by atoms with Crippen molar-refractivity contribution in [1.29, 1.82) is 0 Å². The third-order valence-electron chi connectivity index (χ3n) is 3.95. The summed E-state index contributed by atoms with van der Waals surface area (Å²) < 4.78 is 5.46. The standard InChI is InChI=1S/C19H20N2O2/c1-13(22)20-10-9-15-12-21-18-8-7-14(11-17(15)18)16-5-3-4-6-19(16)23-2/h3-8,11-12,21H,9-10H2,1-2H3,(H,20,22). The minimum Gasteiger partial charge on any atom is -0.496 e. The van der Waals surface area contributed by atoms with Gasteiger partial charge in [-0.05, 0) is 35.7 Å². The summed E-state index contributed by atoms with van der Waals surface area (Å²) in [5.74, 6) is 0.863. The molecule has 0 bridgehead atoms. The zero-order chi connectivity index (χ0) is 16.2. The van der Waals surface area contributed by atoms with Crippen LogP contribution in [0.15, 0.2) is 48.7 Å². The van der Waals surface area contributed by atoms with Gasteiger partial charge in [-0.3, -0.25) is 4.79 Å². The van der Waals surface area contributed by atoms with Crippen LogP contribution in [0.25, 0.3) is 22.0 Å². The summed E-state index contributed by atoms with van der Waals surface area (Å²) >= 11 is 0. The van der Waals surface area contributed by atoms with Gasteiger partial charge in [0.15, 0.2) is 0 Å². The van der Waals surface area contributed by atoms with E-state index in [1.807, 2.05) is 24.4 Å². The number of benzene rings is 2. The van der Waals surface area contributed by atoms with Crippen LogP contribution in [0, 0.1) is 0 Å². The third kappa shape index (κ3) is 3.21. The Bertz CT molecular complexity index is 836. The molecular weight excluding hydrogens is 288 g/mol. The molecule has 0 unspecified atom stereocenters. The molecule has 118 valence electrons. The normalized spacial score (nSPS) is 10.7. The van der Waals surface area contributed by atoms with Gasteiger partial charge in [0.25, 0.3) is 0 Å². The molecule has 0 saturated heterocycles. The Morgan fingerprint density at radius 3 is 2.83 bits per heavy atom. The molecule has 1 aromatic heterocycles. The molecule has 0 aliphatic rings. The first-order valence-corrected chi connectivity index (χ1v) is 7.67. The van der Waals surface area contributed by atoms with Crippen LogP contribution in [0.1, 0.15) is 12.5 Å². The van der Waals surface area contributed by atoms with Gasteiger partial charge in [-0.15, -0.1) is 0 Å². The molecule has 3 aromatic rings. The van der Waals surface area contributed by atoms with Crippen LogP contribution in [0.2, 0.25) is 0 Å². The minimum atomic E-state index is -0.000415. The van der Waals surface area contributed by atoms with Crippen molar-refractivity contribution in [2.24, 2.45) is 0 Å². The van der Waals surface area contributed by atoms with Gasteiger partial charge < -0.3 is 15.0 Å². The van der Waals surface area contributed by atoms with Crippen LogP contribution in [0.5, 0.6) is 5.75 Å². The highest BCUT2D eigenvalue weighted by Crippen LogP contribution is 2.32. The van der Waals surface area contributed by atoms with Crippen molar-refractivity contribution >= 4 is 16.8 Å². The predicted octanol–water partition coefficient (Wildman–Crippen LogP) is 3.52. The smallest absolute Gasteiger partial charge is 0.216 e. The molecule has 0 saturated carbocycles. The second-order valence-corrected chi connectivity index (χ2v) is 5.51. The molecule has 1 amide bonds. The molecule has 0 aliphatic heterocycles. The summed E-state index contributed by atoms with van der Waals surface area (Å²) in [4.78, 5) is 14.3. The molecule has 1 heterocycles. The van der Waals surface area contributed by atoms with Gasteiger partial charge in [-0.25, -0.2) is 0 Å². The van der Waals surface area contributed by atoms with E-state index in [1.165, 1.54) is 17.9 Å². The molecule has 0 atom stereocenters. The van der Waals surface area contributed by atoms with E-state index in [4.69, 9.17) is 4.74 Å². The SMILES string of the molecule is COc1ccccc1-c1ccc2[nH]cc(CCNC(C)=O)c2c1. The lowest BCUT2D eigenvalue weighted by Gasteiger charge is -2.09. The van der Waals surface area contributed by atoms with Crippen LogP contribution in [-0.2, 0) is 11.2 Å². The second-order valence-electron chi connectivity index (χ2n) is 5.51. The van der Waals surface area contributed by atoms with E-state index in [-0.39, 0.29) is 5.91 Å². The van der Waals surface area contributed by atoms with E-state index < -0.39 is 0 Å². The van der Waals surface area contributed by atoms with Crippen LogP contribution in [-0.4, -0.2) is 24.5 Å². The van der Waals surface area contributed by atoms with E-state index in [0.717, 1.165) is 28.8 Å². The lowest BCUT2D eigenvalue weighted by Crippen LogP contribution is -2.22. The average molecular weight is 308 g/mol. The molecule has 0 aliphatic carbocycles. The van der Waals surface area contributed by atoms with E-state index in [2.05, 4.69) is 34.6 Å². The number of carbonyl (C=O) groups excluding carboxylic acids is 1. The summed E-state index contributed by atoms with van der Waals surface area (Å²) in [6.07, 6.45) is 2.81. The maximum Gasteiger partial charge on any atom is 0.216 e. The molecular formula is C19H20N2O2. The largest absolute Gasteiger partial charge is 0.496 e. The Morgan fingerprint density at radius 2 is 2.04 bits per heavy atom. The van der Waals surface area contributed by atoms with Crippen LogP contribution in [0.4, 0.5) is 0 Å². The van der Waals surface area contributed by atoms with Crippen molar-refractivity contribution in [2.45, 2.75) is 13.3 Å². The van der Waals surface area contributed by atoms with Gasteiger partial charge in [0.2, 0.25) is 5.91 Å². The van der Waals surface area contributed by atoms with Crippen molar-refractivity contribution in [3.05, 3.63) is 54.2 Å². The quantitative estimate of drug-likeness (QED) is 0.757. The van der Waals surface area contributed by atoms with E-state index in [9.17, 15) is 4.79 Å². The van der Waals surface area contributed by atoms with E-state index in [0.29, 0.717) is 6.54 Å². The van der Waals surface area contributed by atoms with Gasteiger partial charge in [-0.2, -0.15) is 0 Å². The number of aromatic amines is 1. The molecule has 3 rings (SSSR count). The first kappa shape index (κ1) is 15.2. The number of hydrogen-bond donors (Lipinski definition) is 2. The number of ether oxygens (including phenoxy) is 1. The van der Waals surface area contributed by atoms with Crippen molar-refractivity contribution in [1.82, 2.24) is 10.3 Å². The number of methoxy groups -OCH3 is 1. The monoisotopic (exact) mass is 308 g/mol. The summed E-state index contributed by atoms with van der Waals surface area (Å²) in [6.45, 7) is 2.18. The van der Waals surface area contributed by atoms with Gasteiger partial charge in [0.1, 0.15) is 5.75 Å². The Balaban J connectivity index is 1.96. The van der Waals surface area contributed by atoms with Gasteiger partial charge in [-0.1, -0.05) is 24.3 Å². The highest BCUT2D eigenvalue weighted by Gasteiger charge is 2.09. The zero-order valence-corrected chi connectivity index (χ0v) is 13.3. The van der Waals surface area contributed by atoms with E-state index in [1.54, 1.807) is 7.11 Å². The summed E-state index contributed by atoms with van der Waals surface area (Å²) in [7, 11) is 1.69. The summed E-state index contributed by atoms with van der Waals surface area (Å²) in [5, 5.41) is 4.02. The Morgan fingerprint density at radius 1 is 1.22 bits per heavy atom. The predicted molar refractivity (Wildman–Crippen MR) is 92.7 cm³/mol. The van der Waals surface area contributed by atoms with Crippen LogP contribution >= 0.6 is 0 Å². The summed E-state index contributed by atoms with van der Waals surface area (Å²) in [6, 6.07) is 14.4. The number of aromatic nitrogens is 1. The molecule has 0 fully saturated rings. The lowest BCUT2D eigenvalue weighted by molar-refractivity contribution is -0.118. The van der Waals surface area contributed by atoms with Crippen molar-refractivity contribution < 1.29 is 9.53 Å².